The molecule has 3 atom stereocenters. The van der Waals surface area contributed by atoms with Gasteiger partial charge in [-0.15, -0.1) is 10.2 Å². The number of anilines is 1. The predicted octanol–water partition coefficient (Wildman–Crippen LogP) is 4.11. The van der Waals surface area contributed by atoms with Crippen LogP contribution in [0.5, 0.6) is 0 Å². The number of halogens is 3. The number of pyridine rings is 1. The number of likely N-dealkylation sites (tertiary alicyclic amines) is 1. The number of ether oxygens (including phenoxy) is 1. The van der Waals surface area contributed by atoms with Crippen molar-refractivity contribution in [2.75, 3.05) is 38.2 Å². The highest BCUT2D eigenvalue weighted by Crippen LogP contribution is 2.40. The van der Waals surface area contributed by atoms with E-state index in [9.17, 15) is 13.2 Å². The van der Waals surface area contributed by atoms with E-state index >= 15 is 0 Å². The minimum absolute atomic E-state index is 0.0564. The summed E-state index contributed by atoms with van der Waals surface area (Å²) in [6, 6.07) is 4.58. The summed E-state index contributed by atoms with van der Waals surface area (Å²) in [5.41, 5.74) is -0.640. The highest BCUT2D eigenvalue weighted by atomic mass is 19.4. The van der Waals surface area contributed by atoms with Crippen LogP contribution in [-0.2, 0) is 10.9 Å². The molecule has 0 aromatic carbocycles. The maximum atomic E-state index is 13.3. The summed E-state index contributed by atoms with van der Waals surface area (Å²) in [7, 11) is 0. The molecular formula is C23H28F3N5O. The van der Waals surface area contributed by atoms with Gasteiger partial charge in [-0.1, -0.05) is 0 Å². The number of aromatic nitrogens is 3. The second-order valence-corrected chi connectivity index (χ2v) is 9.33. The van der Waals surface area contributed by atoms with Crippen LogP contribution in [0.15, 0.2) is 30.6 Å². The first-order valence-corrected chi connectivity index (χ1v) is 11.4. The fourth-order valence-electron chi connectivity index (χ4n) is 5.57. The molecule has 0 radical (unpaired) electrons. The molecule has 3 fully saturated rings. The lowest BCUT2D eigenvalue weighted by atomic mass is 10.00. The first-order valence-electron chi connectivity index (χ1n) is 11.4. The minimum Gasteiger partial charge on any atom is -0.381 e. The van der Waals surface area contributed by atoms with Crippen molar-refractivity contribution in [3.8, 4) is 11.3 Å². The summed E-state index contributed by atoms with van der Waals surface area (Å²) in [5.74, 6) is 2.77. The molecule has 3 aliphatic rings. The number of nitrogens with one attached hydrogen (secondary N) is 1. The van der Waals surface area contributed by atoms with E-state index in [1.807, 2.05) is 0 Å². The molecule has 1 aliphatic carbocycles. The Labute approximate surface area is 185 Å². The summed E-state index contributed by atoms with van der Waals surface area (Å²) in [6.07, 6.45) is 2.40. The maximum Gasteiger partial charge on any atom is 0.417 e. The van der Waals surface area contributed by atoms with Crippen LogP contribution in [0.25, 0.3) is 11.3 Å². The van der Waals surface area contributed by atoms with Crippen LogP contribution in [-0.4, -0.2) is 59.0 Å². The minimum atomic E-state index is -4.46. The van der Waals surface area contributed by atoms with Gasteiger partial charge in [0.1, 0.15) is 5.82 Å². The van der Waals surface area contributed by atoms with Gasteiger partial charge in [-0.25, -0.2) is 0 Å². The molecule has 1 saturated carbocycles. The molecule has 2 aromatic rings. The van der Waals surface area contributed by atoms with Gasteiger partial charge in [-0.3, -0.25) is 4.98 Å². The van der Waals surface area contributed by atoms with Gasteiger partial charge in [0, 0.05) is 56.8 Å². The Morgan fingerprint density at radius 3 is 2.44 bits per heavy atom. The first kappa shape index (κ1) is 21.6. The molecule has 6 nitrogen and oxygen atoms in total. The Kier molecular flexibility index (Phi) is 6.03. The summed E-state index contributed by atoms with van der Waals surface area (Å²) < 4.78 is 45.2. The molecule has 172 valence electrons. The maximum absolute atomic E-state index is 13.3. The van der Waals surface area contributed by atoms with Crippen LogP contribution in [0.3, 0.4) is 0 Å². The van der Waals surface area contributed by atoms with Gasteiger partial charge < -0.3 is 15.0 Å². The number of hydrogen-bond acceptors (Lipinski definition) is 6. The summed E-state index contributed by atoms with van der Waals surface area (Å²) in [4.78, 5) is 6.45. The fourth-order valence-corrected chi connectivity index (χ4v) is 5.57. The highest BCUT2D eigenvalue weighted by molar-refractivity contribution is 5.63. The standard InChI is InChI=1S/C23H28F3N5O/c24-23(25,26)20-3-6-27-11-19(20)21-1-2-22(30-29-21)28-18-9-16-13-31(14-17(16)10-18)12-15-4-7-32-8-5-15/h1-3,6,11,15-18H,4-5,7-10,12-14H2,(H,28,30)/t16-,17?,18+/m1/s1. The van der Waals surface area contributed by atoms with Crippen molar-refractivity contribution < 1.29 is 17.9 Å². The van der Waals surface area contributed by atoms with Gasteiger partial charge in [0.15, 0.2) is 0 Å². The molecular weight excluding hydrogens is 419 g/mol. The average molecular weight is 448 g/mol. The normalized spacial score (nSPS) is 26.9. The van der Waals surface area contributed by atoms with E-state index in [-0.39, 0.29) is 11.3 Å². The third kappa shape index (κ3) is 4.73. The topological polar surface area (TPSA) is 63.2 Å². The molecule has 0 amide bonds. The second-order valence-electron chi connectivity index (χ2n) is 9.33. The van der Waals surface area contributed by atoms with Crippen LogP contribution < -0.4 is 5.32 Å². The number of rotatable bonds is 5. The molecule has 4 heterocycles. The molecule has 0 bridgehead atoms. The van der Waals surface area contributed by atoms with Crippen molar-refractivity contribution in [3.05, 3.63) is 36.2 Å². The van der Waals surface area contributed by atoms with Crippen LogP contribution in [0.4, 0.5) is 19.0 Å². The van der Waals surface area contributed by atoms with Gasteiger partial charge in [-0.05, 0) is 61.6 Å². The Balaban J connectivity index is 1.16. The lowest BCUT2D eigenvalue weighted by molar-refractivity contribution is -0.137. The molecule has 9 heteroatoms. The largest absolute Gasteiger partial charge is 0.417 e. The van der Waals surface area contributed by atoms with E-state index in [1.54, 1.807) is 12.1 Å². The smallest absolute Gasteiger partial charge is 0.381 e. The average Bonchev–Trinajstić information content (AvgIpc) is 3.32. The summed E-state index contributed by atoms with van der Waals surface area (Å²) in [5, 5.41) is 11.6. The van der Waals surface area contributed by atoms with E-state index in [1.165, 1.54) is 25.6 Å². The van der Waals surface area contributed by atoms with Gasteiger partial charge in [0.05, 0.1) is 11.3 Å². The van der Waals surface area contributed by atoms with Crippen molar-refractivity contribution >= 4 is 5.82 Å². The molecule has 1 N–H and O–H groups in total. The Hall–Kier alpha value is -2.26. The van der Waals surface area contributed by atoms with Crippen LogP contribution in [0.1, 0.15) is 31.2 Å². The van der Waals surface area contributed by atoms with Gasteiger partial charge in [0.25, 0.3) is 0 Å². The van der Waals surface area contributed by atoms with E-state index in [0.717, 1.165) is 57.3 Å². The van der Waals surface area contributed by atoms with Gasteiger partial charge >= 0.3 is 6.18 Å². The lowest BCUT2D eigenvalue weighted by Gasteiger charge is -2.27. The molecule has 0 spiro atoms. The zero-order valence-corrected chi connectivity index (χ0v) is 17.9. The zero-order chi connectivity index (χ0) is 22.1. The zero-order valence-electron chi connectivity index (χ0n) is 17.9. The number of alkyl halides is 3. The van der Waals surface area contributed by atoms with E-state index in [0.29, 0.717) is 23.7 Å². The monoisotopic (exact) mass is 447 g/mol. The number of hydrogen-bond donors (Lipinski definition) is 1. The SMILES string of the molecule is FC(F)(F)c1ccncc1-c1ccc(N[C@@H]2CC3CN(CC4CCOCC4)C[C@H]3C2)nn1. The van der Waals surface area contributed by atoms with Crippen LogP contribution in [0, 0.1) is 17.8 Å². The molecule has 2 aliphatic heterocycles. The third-order valence-corrected chi connectivity index (χ3v) is 7.10. The molecule has 2 aromatic heterocycles. The summed E-state index contributed by atoms with van der Waals surface area (Å²) in [6.45, 7) is 5.30. The van der Waals surface area contributed by atoms with E-state index in [2.05, 4.69) is 25.4 Å². The van der Waals surface area contributed by atoms with E-state index < -0.39 is 11.7 Å². The second kappa shape index (κ2) is 8.94. The molecule has 5 rings (SSSR count). The third-order valence-electron chi connectivity index (χ3n) is 7.10. The quantitative estimate of drug-likeness (QED) is 0.745. The number of nitrogens with zero attached hydrogens (tertiary/aromatic N) is 4. The Morgan fingerprint density at radius 1 is 1.03 bits per heavy atom. The number of fused-ring (bicyclic) bond motifs is 1. The van der Waals surface area contributed by atoms with Crippen molar-refractivity contribution in [1.29, 1.82) is 0 Å². The summed E-state index contributed by atoms with van der Waals surface area (Å²) >= 11 is 0. The first-order chi connectivity index (χ1) is 15.5. The highest BCUT2D eigenvalue weighted by Gasteiger charge is 2.41. The predicted molar refractivity (Wildman–Crippen MR) is 114 cm³/mol. The fraction of sp³-hybridized carbons (Fsp3) is 0.609. The van der Waals surface area contributed by atoms with Gasteiger partial charge in [0.2, 0.25) is 0 Å². The van der Waals surface area contributed by atoms with Crippen molar-refractivity contribution in [3.63, 3.8) is 0 Å². The van der Waals surface area contributed by atoms with Crippen LogP contribution in [0.2, 0.25) is 0 Å². The van der Waals surface area contributed by atoms with Crippen molar-refractivity contribution in [1.82, 2.24) is 20.1 Å². The van der Waals surface area contributed by atoms with Crippen LogP contribution >= 0.6 is 0 Å². The van der Waals surface area contributed by atoms with Crippen molar-refractivity contribution in [2.24, 2.45) is 17.8 Å². The lowest BCUT2D eigenvalue weighted by Crippen LogP contribution is -2.32. The molecule has 32 heavy (non-hydrogen) atoms. The Morgan fingerprint density at radius 2 is 1.78 bits per heavy atom. The van der Waals surface area contributed by atoms with E-state index in [4.69, 9.17) is 4.74 Å². The van der Waals surface area contributed by atoms with Crippen molar-refractivity contribution in [2.45, 2.75) is 37.9 Å². The molecule has 2 saturated heterocycles. The Bertz CT molecular complexity index is 903. The van der Waals surface area contributed by atoms with Gasteiger partial charge in [-0.2, -0.15) is 13.2 Å². The molecule has 1 unspecified atom stereocenters.